The van der Waals surface area contributed by atoms with Gasteiger partial charge in [0.2, 0.25) is 12.3 Å². The summed E-state index contributed by atoms with van der Waals surface area (Å²) < 4.78 is 45.5. The van der Waals surface area contributed by atoms with E-state index in [1.54, 1.807) is 0 Å². The molecule has 124 valence electrons. The second-order valence-corrected chi connectivity index (χ2v) is 6.04. The van der Waals surface area contributed by atoms with Gasteiger partial charge in [-0.15, -0.1) is 13.2 Å². The van der Waals surface area contributed by atoms with Crippen LogP contribution in [0.25, 0.3) is 0 Å². The molecule has 4 atom stereocenters. The Kier molecular flexibility index (Phi) is 4.02. The van der Waals surface area contributed by atoms with Crippen LogP contribution in [0.3, 0.4) is 0 Å². The van der Waals surface area contributed by atoms with Crippen LogP contribution in [0.1, 0.15) is 25.7 Å². The summed E-state index contributed by atoms with van der Waals surface area (Å²) in [6, 6.07) is -0.331. The molecule has 4 unspecified atom stereocenters. The molecule has 2 N–H and O–H groups in total. The van der Waals surface area contributed by atoms with Crippen molar-refractivity contribution in [1.82, 2.24) is 10.6 Å². The highest BCUT2D eigenvalue weighted by Crippen LogP contribution is 2.39. The maximum absolute atomic E-state index is 12.2. The zero-order valence-corrected chi connectivity index (χ0v) is 11.6. The monoisotopic (exact) mass is 322 g/mol. The first-order valence-electron chi connectivity index (χ1n) is 7.26. The molecule has 22 heavy (non-hydrogen) atoms. The molecule has 9 heteroatoms. The molecule has 0 aromatic heterocycles. The Morgan fingerprint density at radius 3 is 2.45 bits per heavy atom. The fourth-order valence-corrected chi connectivity index (χ4v) is 3.47. The normalized spacial score (nSPS) is 40.1. The maximum Gasteiger partial charge on any atom is 0.522 e. The molecule has 1 saturated carbocycles. The fraction of sp³-hybridized carbons (Fsp3) is 0.846. The van der Waals surface area contributed by atoms with Crippen molar-refractivity contribution in [3.05, 3.63) is 0 Å². The number of carbonyl (C=O) groups excluding carboxylic acids is 2. The van der Waals surface area contributed by atoms with Gasteiger partial charge in [-0.25, -0.2) is 0 Å². The summed E-state index contributed by atoms with van der Waals surface area (Å²) in [6.45, 7) is 0. The van der Waals surface area contributed by atoms with E-state index in [1.807, 2.05) is 0 Å². The lowest BCUT2D eigenvalue weighted by molar-refractivity contribution is -0.351. The van der Waals surface area contributed by atoms with Crippen molar-refractivity contribution >= 4 is 12.3 Å². The SMILES string of the molecule is O=CNC1CC2OC1CC2C(=O)NC1CC(OC(F)(F)F)C1. The number of hydrogen-bond donors (Lipinski definition) is 2. The average molecular weight is 322 g/mol. The standard InChI is InChI=1S/C13H17F3N2O4/c14-13(15,16)22-7-1-6(2-7)18-12(20)8-3-11-9(17-5-19)4-10(8)21-11/h5-11H,1-4H2,(H,17,19)(H,18,20). The minimum absolute atomic E-state index is 0.0557. The summed E-state index contributed by atoms with van der Waals surface area (Å²) in [4.78, 5) is 22.6. The minimum atomic E-state index is -4.63. The quantitative estimate of drug-likeness (QED) is 0.721. The Hall–Kier alpha value is -1.35. The van der Waals surface area contributed by atoms with E-state index in [0.29, 0.717) is 19.3 Å². The number of ether oxygens (including phenoxy) is 2. The van der Waals surface area contributed by atoms with Crippen LogP contribution < -0.4 is 10.6 Å². The van der Waals surface area contributed by atoms with E-state index in [4.69, 9.17) is 4.74 Å². The Balaban J connectivity index is 1.41. The number of fused-ring (bicyclic) bond motifs is 2. The van der Waals surface area contributed by atoms with Crippen molar-refractivity contribution in [1.29, 1.82) is 0 Å². The molecule has 3 rings (SSSR count). The lowest BCUT2D eigenvalue weighted by Gasteiger charge is -2.36. The summed E-state index contributed by atoms with van der Waals surface area (Å²) in [6.07, 6.45) is -3.81. The van der Waals surface area contributed by atoms with Gasteiger partial charge in [-0.3, -0.25) is 14.3 Å². The third-order valence-corrected chi connectivity index (χ3v) is 4.58. The highest BCUT2D eigenvalue weighted by Gasteiger charge is 2.50. The summed E-state index contributed by atoms with van der Waals surface area (Å²) >= 11 is 0. The van der Waals surface area contributed by atoms with Crippen LogP contribution in [0.5, 0.6) is 0 Å². The molecule has 6 nitrogen and oxygen atoms in total. The van der Waals surface area contributed by atoms with Crippen molar-refractivity contribution in [2.45, 2.75) is 62.4 Å². The smallest absolute Gasteiger partial charge is 0.372 e. The van der Waals surface area contributed by atoms with E-state index in [9.17, 15) is 22.8 Å². The van der Waals surface area contributed by atoms with Crippen molar-refractivity contribution in [3.8, 4) is 0 Å². The third-order valence-electron chi connectivity index (χ3n) is 4.58. The van der Waals surface area contributed by atoms with Gasteiger partial charge in [0.1, 0.15) is 0 Å². The molecule has 2 saturated heterocycles. The van der Waals surface area contributed by atoms with Gasteiger partial charge in [-0.05, 0) is 25.7 Å². The number of amides is 2. The number of hydrogen-bond acceptors (Lipinski definition) is 4. The van der Waals surface area contributed by atoms with Gasteiger partial charge in [-0.2, -0.15) is 0 Å². The first kappa shape index (κ1) is 15.5. The third kappa shape index (κ3) is 3.19. The number of rotatable bonds is 5. The first-order chi connectivity index (χ1) is 10.4. The molecule has 3 aliphatic rings. The van der Waals surface area contributed by atoms with Gasteiger partial charge in [0.05, 0.1) is 30.3 Å². The van der Waals surface area contributed by atoms with E-state index in [1.165, 1.54) is 0 Å². The van der Waals surface area contributed by atoms with Gasteiger partial charge in [0, 0.05) is 6.04 Å². The molecule has 0 radical (unpaired) electrons. The number of carbonyl (C=O) groups is 2. The lowest BCUT2D eigenvalue weighted by Crippen LogP contribution is -2.52. The van der Waals surface area contributed by atoms with Gasteiger partial charge in [0.15, 0.2) is 0 Å². The van der Waals surface area contributed by atoms with Crippen LogP contribution >= 0.6 is 0 Å². The highest BCUT2D eigenvalue weighted by atomic mass is 19.4. The molecule has 0 aromatic carbocycles. The van der Waals surface area contributed by atoms with Gasteiger partial charge < -0.3 is 15.4 Å². The molecule has 2 amide bonds. The van der Waals surface area contributed by atoms with Gasteiger partial charge >= 0.3 is 6.36 Å². The molecule has 3 fully saturated rings. The lowest BCUT2D eigenvalue weighted by atomic mass is 9.84. The van der Waals surface area contributed by atoms with Crippen LogP contribution in [0, 0.1) is 5.92 Å². The molecule has 1 aliphatic carbocycles. The molecule has 2 heterocycles. The van der Waals surface area contributed by atoms with Crippen molar-refractivity contribution < 1.29 is 32.2 Å². The van der Waals surface area contributed by atoms with Crippen LogP contribution in [-0.4, -0.2) is 49.1 Å². The van der Waals surface area contributed by atoms with Crippen LogP contribution in [-0.2, 0) is 19.1 Å². The van der Waals surface area contributed by atoms with Crippen LogP contribution in [0.4, 0.5) is 13.2 Å². The van der Waals surface area contributed by atoms with E-state index in [0.717, 1.165) is 0 Å². The Labute approximate surface area is 124 Å². The van der Waals surface area contributed by atoms with Crippen molar-refractivity contribution in [3.63, 3.8) is 0 Å². The molecule has 2 aliphatic heterocycles. The summed E-state index contributed by atoms with van der Waals surface area (Å²) in [7, 11) is 0. The maximum atomic E-state index is 12.2. The largest absolute Gasteiger partial charge is 0.522 e. The molecule has 2 bridgehead atoms. The summed E-state index contributed by atoms with van der Waals surface area (Å²) in [5.74, 6) is -0.482. The van der Waals surface area contributed by atoms with Crippen LogP contribution in [0.15, 0.2) is 0 Å². The van der Waals surface area contributed by atoms with E-state index >= 15 is 0 Å². The van der Waals surface area contributed by atoms with Crippen LogP contribution in [0.2, 0.25) is 0 Å². The Bertz CT molecular complexity index is 453. The molecular weight excluding hydrogens is 305 g/mol. The second-order valence-electron chi connectivity index (χ2n) is 6.04. The van der Waals surface area contributed by atoms with E-state index in [2.05, 4.69) is 15.4 Å². The topological polar surface area (TPSA) is 76.7 Å². The fourth-order valence-electron chi connectivity index (χ4n) is 3.47. The number of halogens is 3. The number of alkyl halides is 3. The zero-order chi connectivity index (χ0) is 15.9. The second kappa shape index (κ2) is 5.69. The summed E-state index contributed by atoms with van der Waals surface area (Å²) in [5.41, 5.74) is 0. The molecular formula is C13H17F3N2O4. The predicted molar refractivity (Wildman–Crippen MR) is 66.5 cm³/mol. The van der Waals surface area contributed by atoms with Gasteiger partial charge in [-0.1, -0.05) is 0 Å². The van der Waals surface area contributed by atoms with Gasteiger partial charge in [0.25, 0.3) is 0 Å². The predicted octanol–water partition coefficient (Wildman–Crippen LogP) is 0.462. The van der Waals surface area contributed by atoms with E-state index in [-0.39, 0.29) is 49.0 Å². The zero-order valence-electron chi connectivity index (χ0n) is 11.6. The van der Waals surface area contributed by atoms with E-state index < -0.39 is 12.5 Å². The minimum Gasteiger partial charge on any atom is -0.372 e. The highest BCUT2D eigenvalue weighted by molar-refractivity contribution is 5.80. The average Bonchev–Trinajstić information content (AvgIpc) is 2.94. The Morgan fingerprint density at radius 2 is 1.91 bits per heavy atom. The molecule has 0 spiro atoms. The van der Waals surface area contributed by atoms with Crippen molar-refractivity contribution in [2.24, 2.45) is 5.92 Å². The van der Waals surface area contributed by atoms with Crippen molar-refractivity contribution in [2.75, 3.05) is 0 Å². The first-order valence-corrected chi connectivity index (χ1v) is 7.26. The Morgan fingerprint density at radius 1 is 1.18 bits per heavy atom. The number of nitrogens with one attached hydrogen (secondary N) is 2. The molecule has 0 aromatic rings. The summed E-state index contributed by atoms with van der Waals surface area (Å²) in [5, 5.41) is 5.42.